The monoisotopic (exact) mass is 249 g/mol. The van der Waals surface area contributed by atoms with Crippen LogP contribution in [0.1, 0.15) is 12.8 Å². The summed E-state index contributed by atoms with van der Waals surface area (Å²) in [6.45, 7) is 2.20. The van der Waals surface area contributed by atoms with Crippen molar-refractivity contribution in [2.75, 3.05) is 24.6 Å². The summed E-state index contributed by atoms with van der Waals surface area (Å²) in [5, 5.41) is 12.5. The van der Waals surface area contributed by atoms with Crippen LogP contribution in [0.15, 0.2) is 17.8 Å². The second-order valence-corrected chi connectivity index (χ2v) is 5.37. The van der Waals surface area contributed by atoms with Crippen LogP contribution in [0.4, 0.5) is 5.82 Å². The molecular formula is C12H15N3OS. The van der Waals surface area contributed by atoms with Gasteiger partial charge < -0.3 is 10.0 Å². The van der Waals surface area contributed by atoms with E-state index in [-0.39, 0.29) is 6.61 Å². The van der Waals surface area contributed by atoms with Gasteiger partial charge in [-0.2, -0.15) is 0 Å². The molecule has 2 aromatic heterocycles. The Bertz CT molecular complexity index is 513. The molecule has 1 aliphatic heterocycles. The summed E-state index contributed by atoms with van der Waals surface area (Å²) >= 11 is 1.64. The van der Waals surface area contributed by atoms with Gasteiger partial charge in [0.25, 0.3) is 0 Å². The summed E-state index contributed by atoms with van der Waals surface area (Å²) in [5.74, 6) is 1.40. The number of fused-ring (bicyclic) bond motifs is 1. The number of anilines is 1. The zero-order valence-electron chi connectivity index (χ0n) is 9.54. The molecule has 0 aromatic carbocycles. The highest BCUT2D eigenvalue weighted by atomic mass is 32.1. The van der Waals surface area contributed by atoms with Crippen molar-refractivity contribution < 1.29 is 5.11 Å². The number of thiophene rings is 1. The van der Waals surface area contributed by atoms with Crippen LogP contribution in [-0.4, -0.2) is 34.8 Å². The standard InChI is InChI=1S/C12H15N3OS/c16-7-9-2-1-4-15(6-9)11-10-3-5-17-12(10)14-8-13-11/h3,5,8-9,16H,1-2,4,6-7H2/t9-/m1/s1. The average Bonchev–Trinajstić information content (AvgIpc) is 2.87. The van der Waals surface area contributed by atoms with Gasteiger partial charge in [-0.1, -0.05) is 0 Å². The molecule has 1 saturated heterocycles. The van der Waals surface area contributed by atoms with Crippen LogP contribution < -0.4 is 4.90 Å². The van der Waals surface area contributed by atoms with Crippen molar-refractivity contribution in [3.8, 4) is 0 Å². The van der Waals surface area contributed by atoms with Gasteiger partial charge in [-0.05, 0) is 30.2 Å². The van der Waals surface area contributed by atoms with Crippen LogP contribution in [0.2, 0.25) is 0 Å². The first-order valence-corrected chi connectivity index (χ1v) is 6.80. The first-order chi connectivity index (χ1) is 8.38. The van der Waals surface area contributed by atoms with E-state index in [0.29, 0.717) is 5.92 Å². The molecule has 2 aromatic rings. The van der Waals surface area contributed by atoms with Crippen molar-refractivity contribution in [1.82, 2.24) is 9.97 Å². The summed E-state index contributed by atoms with van der Waals surface area (Å²) in [5.41, 5.74) is 0. The number of rotatable bonds is 2. The highest BCUT2D eigenvalue weighted by Crippen LogP contribution is 2.29. The Morgan fingerprint density at radius 2 is 2.41 bits per heavy atom. The minimum Gasteiger partial charge on any atom is -0.396 e. The van der Waals surface area contributed by atoms with E-state index in [1.807, 2.05) is 0 Å². The zero-order valence-corrected chi connectivity index (χ0v) is 10.4. The van der Waals surface area contributed by atoms with Crippen LogP contribution in [0.25, 0.3) is 10.2 Å². The molecule has 3 heterocycles. The maximum Gasteiger partial charge on any atom is 0.140 e. The van der Waals surface area contributed by atoms with Crippen molar-refractivity contribution >= 4 is 27.4 Å². The number of hydrogen-bond donors (Lipinski definition) is 1. The van der Waals surface area contributed by atoms with Gasteiger partial charge in [0.2, 0.25) is 0 Å². The Balaban J connectivity index is 1.94. The molecule has 3 rings (SSSR count). The fourth-order valence-corrected chi connectivity index (χ4v) is 3.16. The molecule has 0 spiro atoms. The molecule has 0 amide bonds. The molecule has 17 heavy (non-hydrogen) atoms. The molecule has 4 nitrogen and oxygen atoms in total. The lowest BCUT2D eigenvalue weighted by Gasteiger charge is -2.32. The average molecular weight is 249 g/mol. The smallest absolute Gasteiger partial charge is 0.140 e. The minimum atomic E-state index is 0.272. The maximum atomic E-state index is 9.27. The van der Waals surface area contributed by atoms with Gasteiger partial charge in [0.05, 0.1) is 5.39 Å². The third-order valence-electron chi connectivity index (χ3n) is 3.32. The maximum absolute atomic E-state index is 9.27. The molecule has 0 bridgehead atoms. The SMILES string of the molecule is OC[C@@H]1CCCN(c2ncnc3sccc23)C1. The van der Waals surface area contributed by atoms with Crippen LogP contribution in [0.5, 0.6) is 0 Å². The van der Waals surface area contributed by atoms with Crippen LogP contribution in [0.3, 0.4) is 0 Å². The van der Waals surface area contributed by atoms with E-state index >= 15 is 0 Å². The predicted octanol–water partition coefficient (Wildman–Crippen LogP) is 1.90. The molecule has 1 aliphatic rings. The van der Waals surface area contributed by atoms with E-state index in [4.69, 9.17) is 0 Å². The molecule has 0 saturated carbocycles. The number of aromatic nitrogens is 2. The zero-order chi connectivity index (χ0) is 11.7. The molecule has 0 radical (unpaired) electrons. The van der Waals surface area contributed by atoms with Crippen molar-refractivity contribution in [2.45, 2.75) is 12.8 Å². The molecule has 1 fully saturated rings. The van der Waals surface area contributed by atoms with E-state index in [1.165, 1.54) is 0 Å². The number of hydrogen-bond acceptors (Lipinski definition) is 5. The van der Waals surface area contributed by atoms with E-state index in [9.17, 15) is 5.11 Å². The first kappa shape index (κ1) is 10.9. The van der Waals surface area contributed by atoms with Crippen molar-refractivity contribution in [3.63, 3.8) is 0 Å². The number of nitrogens with zero attached hydrogens (tertiary/aromatic N) is 3. The predicted molar refractivity (Wildman–Crippen MR) is 69.4 cm³/mol. The quantitative estimate of drug-likeness (QED) is 0.883. The number of aliphatic hydroxyl groups excluding tert-OH is 1. The van der Waals surface area contributed by atoms with Crippen LogP contribution in [-0.2, 0) is 0 Å². The summed E-state index contributed by atoms with van der Waals surface area (Å²) in [6.07, 6.45) is 3.88. The van der Waals surface area contributed by atoms with Gasteiger partial charge in [0.1, 0.15) is 17.0 Å². The van der Waals surface area contributed by atoms with Crippen LogP contribution in [0, 0.1) is 5.92 Å². The normalized spacial score (nSPS) is 21.0. The van der Waals surface area contributed by atoms with Crippen molar-refractivity contribution in [3.05, 3.63) is 17.8 Å². The third-order valence-corrected chi connectivity index (χ3v) is 4.14. The Labute approximate surface area is 104 Å². The Morgan fingerprint density at radius 1 is 1.47 bits per heavy atom. The van der Waals surface area contributed by atoms with Crippen molar-refractivity contribution in [1.29, 1.82) is 0 Å². The largest absolute Gasteiger partial charge is 0.396 e. The summed E-state index contributed by atoms with van der Waals surface area (Å²) in [4.78, 5) is 12.0. The Morgan fingerprint density at radius 3 is 3.29 bits per heavy atom. The van der Waals surface area contributed by atoms with Crippen LogP contribution >= 0.6 is 11.3 Å². The lowest BCUT2D eigenvalue weighted by Crippen LogP contribution is -2.37. The summed E-state index contributed by atoms with van der Waals surface area (Å²) in [6, 6.07) is 2.08. The fraction of sp³-hybridized carbons (Fsp3) is 0.500. The van der Waals surface area contributed by atoms with Gasteiger partial charge in [-0.3, -0.25) is 0 Å². The highest BCUT2D eigenvalue weighted by Gasteiger charge is 2.21. The number of aliphatic hydroxyl groups is 1. The lowest BCUT2D eigenvalue weighted by molar-refractivity contribution is 0.208. The molecule has 90 valence electrons. The van der Waals surface area contributed by atoms with Gasteiger partial charge in [-0.15, -0.1) is 11.3 Å². The second-order valence-electron chi connectivity index (χ2n) is 4.47. The van der Waals surface area contributed by atoms with E-state index in [1.54, 1.807) is 17.7 Å². The summed E-state index contributed by atoms with van der Waals surface area (Å²) in [7, 11) is 0. The Kier molecular flexibility index (Phi) is 2.94. The molecule has 0 unspecified atom stereocenters. The van der Waals surface area contributed by atoms with E-state index in [2.05, 4.69) is 26.3 Å². The van der Waals surface area contributed by atoms with E-state index < -0.39 is 0 Å². The van der Waals surface area contributed by atoms with Gasteiger partial charge >= 0.3 is 0 Å². The molecule has 1 N–H and O–H groups in total. The van der Waals surface area contributed by atoms with Gasteiger partial charge in [0.15, 0.2) is 0 Å². The van der Waals surface area contributed by atoms with Gasteiger partial charge in [0, 0.05) is 19.7 Å². The molecule has 5 heteroatoms. The highest BCUT2D eigenvalue weighted by molar-refractivity contribution is 7.16. The topological polar surface area (TPSA) is 49.2 Å². The Hall–Kier alpha value is -1.20. The minimum absolute atomic E-state index is 0.272. The second kappa shape index (κ2) is 4.58. The van der Waals surface area contributed by atoms with Crippen molar-refractivity contribution in [2.24, 2.45) is 5.92 Å². The number of piperidine rings is 1. The summed E-state index contributed by atoms with van der Waals surface area (Å²) < 4.78 is 0. The first-order valence-electron chi connectivity index (χ1n) is 5.92. The molecular weight excluding hydrogens is 234 g/mol. The molecule has 1 atom stereocenters. The van der Waals surface area contributed by atoms with Gasteiger partial charge in [-0.25, -0.2) is 9.97 Å². The molecule has 0 aliphatic carbocycles. The lowest BCUT2D eigenvalue weighted by atomic mass is 9.99. The fourth-order valence-electron chi connectivity index (χ4n) is 2.44. The van der Waals surface area contributed by atoms with E-state index in [0.717, 1.165) is 42.0 Å². The third kappa shape index (κ3) is 2.00.